The predicted molar refractivity (Wildman–Crippen MR) is 105 cm³/mol. The quantitative estimate of drug-likeness (QED) is 0.674. The zero-order valence-corrected chi connectivity index (χ0v) is 15.5. The molecule has 8 heteroatoms. The average Bonchev–Trinajstić information content (AvgIpc) is 3.21. The van der Waals surface area contributed by atoms with Crippen molar-refractivity contribution in [3.8, 4) is 0 Å². The Labute approximate surface area is 165 Å². The zero-order valence-electron chi connectivity index (χ0n) is 14.8. The normalized spacial score (nSPS) is 17.9. The zero-order chi connectivity index (χ0) is 19.4. The Bertz CT molecular complexity index is 1130. The topological polar surface area (TPSA) is 80.1 Å². The van der Waals surface area contributed by atoms with E-state index in [0.717, 1.165) is 16.2 Å². The van der Waals surface area contributed by atoms with Crippen LogP contribution < -0.4 is 10.2 Å². The van der Waals surface area contributed by atoms with Crippen LogP contribution in [0.4, 0.5) is 11.9 Å². The average molecular weight is 392 g/mol. The second-order valence-corrected chi connectivity index (χ2v) is 7.08. The first kappa shape index (κ1) is 16.7. The van der Waals surface area contributed by atoms with Crippen LogP contribution in [0.15, 0.2) is 60.3 Å². The van der Waals surface area contributed by atoms with Gasteiger partial charge in [0.2, 0.25) is 5.95 Å². The summed E-state index contributed by atoms with van der Waals surface area (Å²) in [7, 11) is 0. The van der Waals surface area contributed by atoms with Crippen molar-refractivity contribution in [3.05, 3.63) is 82.0 Å². The van der Waals surface area contributed by atoms with E-state index in [2.05, 4.69) is 15.4 Å². The number of amides is 2. The minimum absolute atomic E-state index is 0.0516. The Morgan fingerprint density at radius 1 is 1.00 bits per heavy atom. The standard InChI is InChI=1S/C20H14ClN5O2/c1-11-10-16(12-6-8-13(21)9-7-12)26-19(22-11)23-20(24-26)25-17(27)14-4-2-3-5-15(14)18(25)28/h2-10,16H,1H3,(H,22,23,24)/t16-/m1/s1. The van der Waals surface area contributed by atoms with E-state index in [9.17, 15) is 9.59 Å². The number of allylic oxidation sites excluding steroid dienone is 2. The fourth-order valence-corrected chi connectivity index (χ4v) is 3.61. The molecule has 2 aromatic carbocycles. The summed E-state index contributed by atoms with van der Waals surface area (Å²) in [6.07, 6.45) is 2.00. The molecule has 28 heavy (non-hydrogen) atoms. The van der Waals surface area contributed by atoms with Gasteiger partial charge in [0.1, 0.15) is 6.04 Å². The molecule has 2 aliphatic rings. The molecule has 1 aromatic heterocycles. The third kappa shape index (κ3) is 2.44. The monoisotopic (exact) mass is 391 g/mol. The van der Waals surface area contributed by atoms with Gasteiger partial charge in [-0.15, -0.1) is 5.10 Å². The van der Waals surface area contributed by atoms with Crippen LogP contribution in [0.2, 0.25) is 5.02 Å². The molecule has 0 aliphatic carbocycles. The summed E-state index contributed by atoms with van der Waals surface area (Å²) in [6.45, 7) is 1.92. The maximum Gasteiger partial charge on any atom is 0.268 e. The van der Waals surface area contributed by atoms with Gasteiger partial charge in [-0.1, -0.05) is 35.9 Å². The molecule has 0 saturated heterocycles. The van der Waals surface area contributed by atoms with Crippen LogP contribution in [0.5, 0.6) is 0 Å². The number of halogens is 1. The van der Waals surface area contributed by atoms with Gasteiger partial charge >= 0.3 is 0 Å². The van der Waals surface area contributed by atoms with Crippen molar-refractivity contribution in [2.24, 2.45) is 0 Å². The van der Waals surface area contributed by atoms with Gasteiger partial charge in [0.25, 0.3) is 17.8 Å². The molecule has 3 aromatic rings. The van der Waals surface area contributed by atoms with Gasteiger partial charge < -0.3 is 5.32 Å². The molecule has 0 fully saturated rings. The Morgan fingerprint density at radius 2 is 1.64 bits per heavy atom. The third-order valence-corrected chi connectivity index (χ3v) is 5.06. The molecule has 1 N–H and O–H groups in total. The number of aromatic nitrogens is 3. The first-order valence-electron chi connectivity index (χ1n) is 8.68. The second kappa shape index (κ2) is 6.03. The maximum absolute atomic E-state index is 12.7. The van der Waals surface area contributed by atoms with Gasteiger partial charge in [0.15, 0.2) is 0 Å². The number of fused-ring (bicyclic) bond motifs is 2. The second-order valence-electron chi connectivity index (χ2n) is 6.64. The van der Waals surface area contributed by atoms with E-state index < -0.39 is 11.8 Å². The van der Waals surface area contributed by atoms with E-state index in [1.807, 2.05) is 37.3 Å². The highest BCUT2D eigenvalue weighted by molar-refractivity contribution is 6.33. The number of nitrogens with zero attached hydrogens (tertiary/aromatic N) is 4. The van der Waals surface area contributed by atoms with Crippen LogP contribution in [0.25, 0.3) is 0 Å². The Morgan fingerprint density at radius 3 is 2.29 bits per heavy atom. The molecule has 7 nitrogen and oxygen atoms in total. The Hall–Kier alpha value is -3.45. The van der Waals surface area contributed by atoms with Gasteiger partial charge in [-0.25, -0.2) is 9.58 Å². The summed E-state index contributed by atoms with van der Waals surface area (Å²) in [5.41, 5.74) is 2.58. The molecule has 2 aliphatic heterocycles. The van der Waals surface area contributed by atoms with Crippen molar-refractivity contribution in [1.82, 2.24) is 14.8 Å². The minimum atomic E-state index is -0.420. The molecule has 1 atom stereocenters. The summed E-state index contributed by atoms with van der Waals surface area (Å²) in [6, 6.07) is 13.9. The number of carbonyl (C=O) groups excluding carboxylic acids is 2. The summed E-state index contributed by atoms with van der Waals surface area (Å²) in [5, 5.41) is 8.26. The summed E-state index contributed by atoms with van der Waals surface area (Å²) >= 11 is 6.00. The molecule has 0 saturated carbocycles. The Kier molecular flexibility index (Phi) is 3.60. The summed E-state index contributed by atoms with van der Waals surface area (Å²) in [5.74, 6) is -0.324. The van der Waals surface area contributed by atoms with E-state index in [-0.39, 0.29) is 12.0 Å². The molecule has 2 amide bonds. The van der Waals surface area contributed by atoms with Crippen molar-refractivity contribution in [3.63, 3.8) is 0 Å². The van der Waals surface area contributed by atoms with Crippen LogP contribution in [-0.4, -0.2) is 26.6 Å². The highest BCUT2D eigenvalue weighted by Crippen LogP contribution is 2.33. The number of anilines is 2. The van der Waals surface area contributed by atoms with Crippen LogP contribution >= 0.6 is 11.6 Å². The molecule has 0 bridgehead atoms. The van der Waals surface area contributed by atoms with Gasteiger partial charge in [-0.2, -0.15) is 4.98 Å². The molecule has 138 valence electrons. The number of hydrogen-bond acceptors (Lipinski definition) is 5. The molecular formula is C20H14ClN5O2. The molecule has 0 radical (unpaired) electrons. The number of benzene rings is 2. The van der Waals surface area contributed by atoms with Gasteiger partial charge in [0.05, 0.1) is 11.1 Å². The van der Waals surface area contributed by atoms with Crippen molar-refractivity contribution >= 4 is 35.3 Å². The first-order valence-corrected chi connectivity index (χ1v) is 9.06. The van der Waals surface area contributed by atoms with E-state index in [1.54, 1.807) is 28.9 Å². The first-order chi connectivity index (χ1) is 13.5. The highest BCUT2D eigenvalue weighted by Gasteiger charge is 2.39. The number of carbonyl (C=O) groups is 2. The van der Waals surface area contributed by atoms with Crippen molar-refractivity contribution in [2.45, 2.75) is 13.0 Å². The fraction of sp³-hybridized carbons (Fsp3) is 0.100. The molecule has 0 unspecified atom stereocenters. The third-order valence-electron chi connectivity index (χ3n) is 4.81. The fourth-order valence-electron chi connectivity index (χ4n) is 3.48. The smallest absolute Gasteiger partial charge is 0.268 e. The van der Waals surface area contributed by atoms with Crippen LogP contribution in [0.3, 0.4) is 0 Å². The van der Waals surface area contributed by atoms with E-state index in [0.29, 0.717) is 22.1 Å². The predicted octanol–water partition coefficient (Wildman–Crippen LogP) is 3.65. The molecule has 0 spiro atoms. The molecule has 5 rings (SSSR count). The van der Waals surface area contributed by atoms with Gasteiger partial charge in [-0.3, -0.25) is 9.59 Å². The Balaban J connectivity index is 1.58. The van der Waals surface area contributed by atoms with Crippen molar-refractivity contribution in [2.75, 3.05) is 10.2 Å². The lowest BCUT2D eigenvalue weighted by molar-refractivity contribution is 0.0924. The van der Waals surface area contributed by atoms with Crippen LogP contribution in [0, 0.1) is 0 Å². The number of hydrogen-bond donors (Lipinski definition) is 1. The molecular weight excluding hydrogens is 378 g/mol. The number of imide groups is 1. The lowest BCUT2D eigenvalue weighted by Gasteiger charge is -2.22. The number of nitrogens with one attached hydrogen (secondary N) is 1. The molecule has 3 heterocycles. The maximum atomic E-state index is 12.7. The van der Waals surface area contributed by atoms with Gasteiger partial charge in [-0.05, 0) is 42.8 Å². The van der Waals surface area contributed by atoms with E-state index >= 15 is 0 Å². The minimum Gasteiger partial charge on any atom is -0.329 e. The van der Waals surface area contributed by atoms with E-state index in [1.165, 1.54) is 0 Å². The highest BCUT2D eigenvalue weighted by atomic mass is 35.5. The largest absolute Gasteiger partial charge is 0.329 e. The lowest BCUT2D eigenvalue weighted by Crippen LogP contribution is -2.30. The SMILES string of the molecule is CC1=C[C@H](c2ccc(Cl)cc2)n2nc(N3C(=O)c4ccccc4C3=O)nc2N1. The number of rotatable bonds is 2. The summed E-state index contributed by atoms with van der Waals surface area (Å²) in [4.78, 5) is 30.9. The van der Waals surface area contributed by atoms with Crippen molar-refractivity contribution < 1.29 is 9.59 Å². The van der Waals surface area contributed by atoms with Crippen LogP contribution in [-0.2, 0) is 0 Å². The van der Waals surface area contributed by atoms with Crippen LogP contribution in [0.1, 0.15) is 39.2 Å². The summed E-state index contributed by atoms with van der Waals surface area (Å²) < 4.78 is 1.66. The lowest BCUT2D eigenvalue weighted by atomic mass is 10.1. The van der Waals surface area contributed by atoms with Gasteiger partial charge in [0, 0.05) is 10.7 Å². The van der Waals surface area contributed by atoms with Crippen molar-refractivity contribution in [1.29, 1.82) is 0 Å². The van der Waals surface area contributed by atoms with E-state index in [4.69, 9.17) is 11.6 Å².